The third-order valence-electron chi connectivity index (χ3n) is 3.45. The number of nitrogens with one attached hydrogen (secondary N) is 1. The van der Waals surface area contributed by atoms with E-state index in [4.69, 9.17) is 4.74 Å². The molecule has 1 aliphatic heterocycles. The van der Waals surface area contributed by atoms with Gasteiger partial charge < -0.3 is 15.0 Å². The van der Waals surface area contributed by atoms with Crippen molar-refractivity contribution >= 4 is 5.97 Å². The highest BCUT2D eigenvalue weighted by Gasteiger charge is 2.24. The van der Waals surface area contributed by atoms with E-state index in [2.05, 4.69) is 29.0 Å². The number of piperazine rings is 1. The van der Waals surface area contributed by atoms with Crippen LogP contribution in [0.15, 0.2) is 0 Å². The molecule has 1 fully saturated rings. The molecule has 0 saturated carbocycles. The van der Waals surface area contributed by atoms with Gasteiger partial charge in [0.1, 0.15) is 6.04 Å². The highest BCUT2D eigenvalue weighted by molar-refractivity contribution is 5.76. The fraction of sp³-hybridized carbons (Fsp3) is 0.929. The minimum Gasteiger partial charge on any atom is -0.465 e. The molecule has 0 aromatic rings. The Bertz CT molecular complexity index is 263. The van der Waals surface area contributed by atoms with E-state index in [9.17, 15) is 4.79 Å². The number of likely N-dealkylation sites (N-methyl/N-ethyl adjacent to an activating group) is 1. The van der Waals surface area contributed by atoms with Crippen molar-refractivity contribution in [3.63, 3.8) is 0 Å². The van der Waals surface area contributed by atoms with Gasteiger partial charge in [0.25, 0.3) is 0 Å². The molecule has 1 saturated heterocycles. The number of carbonyl (C=O) groups excluding carboxylic acids is 1. The van der Waals surface area contributed by atoms with E-state index in [1.165, 1.54) is 6.54 Å². The van der Waals surface area contributed by atoms with Gasteiger partial charge in [-0.15, -0.1) is 0 Å². The second-order valence-corrected chi connectivity index (χ2v) is 5.59. The Morgan fingerprint density at radius 3 is 2.11 bits per heavy atom. The van der Waals surface area contributed by atoms with E-state index in [0.29, 0.717) is 6.61 Å². The monoisotopic (exact) mass is 271 g/mol. The third-order valence-corrected chi connectivity index (χ3v) is 3.45. The van der Waals surface area contributed by atoms with Crippen molar-refractivity contribution in [3.05, 3.63) is 0 Å². The Balaban J connectivity index is 2.32. The molecule has 19 heavy (non-hydrogen) atoms. The van der Waals surface area contributed by atoms with E-state index in [-0.39, 0.29) is 12.0 Å². The van der Waals surface area contributed by atoms with Gasteiger partial charge >= 0.3 is 5.97 Å². The molecule has 5 heteroatoms. The summed E-state index contributed by atoms with van der Waals surface area (Å²) in [6.45, 7) is 13.0. The van der Waals surface area contributed by atoms with Crippen LogP contribution in [0, 0.1) is 5.92 Å². The van der Waals surface area contributed by atoms with Crippen molar-refractivity contribution in [1.82, 2.24) is 15.1 Å². The maximum Gasteiger partial charge on any atom is 0.324 e. The van der Waals surface area contributed by atoms with Crippen LogP contribution in [-0.2, 0) is 9.53 Å². The van der Waals surface area contributed by atoms with Gasteiger partial charge in [0.05, 0.1) is 6.61 Å². The summed E-state index contributed by atoms with van der Waals surface area (Å²) in [6, 6.07) is -0.211. The zero-order valence-electron chi connectivity index (χ0n) is 12.8. The number of rotatable bonds is 7. The van der Waals surface area contributed by atoms with E-state index < -0.39 is 0 Å². The van der Waals surface area contributed by atoms with Crippen LogP contribution in [0.25, 0.3) is 0 Å². The van der Waals surface area contributed by atoms with Crippen LogP contribution in [0.2, 0.25) is 0 Å². The maximum atomic E-state index is 11.7. The number of nitrogens with zero attached hydrogens (tertiary/aromatic N) is 2. The lowest BCUT2D eigenvalue weighted by Gasteiger charge is -2.36. The highest BCUT2D eigenvalue weighted by Crippen LogP contribution is 2.06. The molecule has 0 aromatic heterocycles. The van der Waals surface area contributed by atoms with Gasteiger partial charge in [-0.2, -0.15) is 0 Å². The molecule has 1 N–H and O–H groups in total. The predicted molar refractivity (Wildman–Crippen MR) is 77.2 cm³/mol. The molecule has 0 amide bonds. The highest BCUT2D eigenvalue weighted by atomic mass is 16.5. The van der Waals surface area contributed by atoms with Crippen LogP contribution in [0.4, 0.5) is 0 Å². The molecule has 112 valence electrons. The molecular weight excluding hydrogens is 242 g/mol. The van der Waals surface area contributed by atoms with Crippen molar-refractivity contribution < 1.29 is 9.53 Å². The number of carbonyl (C=O) groups is 1. The Morgan fingerprint density at radius 1 is 1.16 bits per heavy atom. The summed E-state index contributed by atoms with van der Waals surface area (Å²) in [5, 5.41) is 3.05. The lowest BCUT2D eigenvalue weighted by atomic mass is 10.2. The van der Waals surface area contributed by atoms with Crippen LogP contribution >= 0.6 is 0 Å². The minimum atomic E-state index is -0.211. The summed E-state index contributed by atoms with van der Waals surface area (Å²) in [5.74, 6) is 0.575. The molecule has 1 atom stereocenters. The summed E-state index contributed by atoms with van der Waals surface area (Å²) in [5.41, 5.74) is 0. The van der Waals surface area contributed by atoms with Crippen LogP contribution in [0.1, 0.15) is 20.8 Å². The van der Waals surface area contributed by atoms with Crippen LogP contribution < -0.4 is 5.32 Å². The average Bonchev–Trinajstić information content (AvgIpc) is 2.37. The number of hydrogen-bond acceptors (Lipinski definition) is 5. The van der Waals surface area contributed by atoms with Gasteiger partial charge in [0, 0.05) is 39.3 Å². The van der Waals surface area contributed by atoms with Gasteiger partial charge in [-0.25, -0.2) is 0 Å². The summed E-state index contributed by atoms with van der Waals surface area (Å²) in [6.07, 6.45) is 0. The van der Waals surface area contributed by atoms with Gasteiger partial charge in [-0.05, 0) is 19.9 Å². The lowest BCUT2D eigenvalue weighted by molar-refractivity contribution is -0.146. The van der Waals surface area contributed by atoms with Crippen molar-refractivity contribution in [3.8, 4) is 0 Å². The lowest BCUT2D eigenvalue weighted by Crippen LogP contribution is -2.52. The van der Waals surface area contributed by atoms with Crippen LogP contribution in [-0.4, -0.2) is 74.7 Å². The molecule has 5 nitrogen and oxygen atoms in total. The quantitative estimate of drug-likeness (QED) is 0.680. The SMILES string of the molecule is CCOC(=O)C(CN1CCN(CC(C)C)CC1)NC. The first kappa shape index (κ1) is 16.4. The second kappa shape index (κ2) is 8.51. The Morgan fingerprint density at radius 2 is 1.68 bits per heavy atom. The van der Waals surface area contributed by atoms with E-state index in [1.807, 2.05) is 14.0 Å². The summed E-state index contributed by atoms with van der Waals surface area (Å²) < 4.78 is 5.07. The van der Waals surface area contributed by atoms with Crippen molar-refractivity contribution in [2.75, 3.05) is 52.9 Å². The first-order chi connectivity index (χ1) is 9.06. The zero-order chi connectivity index (χ0) is 14.3. The van der Waals surface area contributed by atoms with Crippen LogP contribution in [0.3, 0.4) is 0 Å². The molecule has 0 radical (unpaired) electrons. The Labute approximate surface area is 117 Å². The first-order valence-electron chi connectivity index (χ1n) is 7.35. The van der Waals surface area contributed by atoms with Crippen molar-refractivity contribution in [2.45, 2.75) is 26.8 Å². The zero-order valence-corrected chi connectivity index (χ0v) is 12.8. The predicted octanol–water partition coefficient (Wildman–Crippen LogP) is 0.411. The van der Waals surface area contributed by atoms with E-state index in [1.54, 1.807) is 0 Å². The molecule has 0 bridgehead atoms. The largest absolute Gasteiger partial charge is 0.465 e. The van der Waals surface area contributed by atoms with Gasteiger partial charge in [0.15, 0.2) is 0 Å². The fourth-order valence-corrected chi connectivity index (χ4v) is 2.46. The van der Waals surface area contributed by atoms with Gasteiger partial charge in [-0.3, -0.25) is 9.69 Å². The molecule has 1 aliphatic rings. The average molecular weight is 271 g/mol. The van der Waals surface area contributed by atoms with E-state index >= 15 is 0 Å². The fourth-order valence-electron chi connectivity index (χ4n) is 2.46. The molecule has 0 aromatic carbocycles. The molecule has 1 unspecified atom stereocenters. The third kappa shape index (κ3) is 5.89. The topological polar surface area (TPSA) is 44.8 Å². The smallest absolute Gasteiger partial charge is 0.324 e. The standard InChI is InChI=1S/C14H29N3O2/c1-5-19-14(18)13(15-4)11-17-8-6-16(7-9-17)10-12(2)3/h12-13,15H,5-11H2,1-4H3. The van der Waals surface area contributed by atoms with Crippen LogP contribution in [0.5, 0.6) is 0 Å². The van der Waals surface area contributed by atoms with Crippen molar-refractivity contribution in [1.29, 1.82) is 0 Å². The Hall–Kier alpha value is -0.650. The first-order valence-corrected chi connectivity index (χ1v) is 7.35. The second-order valence-electron chi connectivity index (χ2n) is 5.59. The molecular formula is C14H29N3O2. The van der Waals surface area contributed by atoms with Gasteiger partial charge in [-0.1, -0.05) is 13.8 Å². The number of ether oxygens (including phenoxy) is 1. The molecule has 1 rings (SSSR count). The van der Waals surface area contributed by atoms with Gasteiger partial charge in [0.2, 0.25) is 0 Å². The summed E-state index contributed by atoms with van der Waals surface area (Å²) >= 11 is 0. The molecule has 0 aliphatic carbocycles. The molecule has 0 spiro atoms. The normalized spacial score (nSPS) is 19.6. The molecule has 1 heterocycles. The van der Waals surface area contributed by atoms with Crippen molar-refractivity contribution in [2.24, 2.45) is 5.92 Å². The minimum absolute atomic E-state index is 0.144. The number of hydrogen-bond donors (Lipinski definition) is 1. The Kier molecular flexibility index (Phi) is 7.34. The maximum absolute atomic E-state index is 11.7. The summed E-state index contributed by atoms with van der Waals surface area (Å²) in [4.78, 5) is 16.6. The summed E-state index contributed by atoms with van der Waals surface area (Å²) in [7, 11) is 1.82. The van der Waals surface area contributed by atoms with E-state index in [0.717, 1.165) is 38.6 Å². The number of esters is 1.